The molecule has 0 saturated carbocycles. The first kappa shape index (κ1) is 13.9. The summed E-state index contributed by atoms with van der Waals surface area (Å²) in [5, 5.41) is 0. The largest absolute Gasteiger partial charge is 0.361 e. The van der Waals surface area contributed by atoms with Crippen molar-refractivity contribution in [3.63, 3.8) is 0 Å². The Morgan fingerprint density at radius 3 is 2.68 bits per heavy atom. The standard InChI is InChI=1S/C13H20N4OSi/c1-19(2,3)9-8-18-11-17-7-6-16-13(17)12-10-14-4-5-15-12/h4-7,10H,8-9,11H2,1-3H3. The van der Waals surface area contributed by atoms with E-state index >= 15 is 0 Å². The summed E-state index contributed by atoms with van der Waals surface area (Å²) in [5.74, 6) is 0.793. The van der Waals surface area contributed by atoms with Crippen LogP contribution in [-0.4, -0.2) is 34.2 Å². The molecule has 0 aromatic carbocycles. The Balaban J connectivity index is 1.94. The lowest BCUT2D eigenvalue weighted by Gasteiger charge is -2.15. The number of rotatable bonds is 6. The lowest BCUT2D eigenvalue weighted by molar-refractivity contribution is 0.0882. The zero-order valence-electron chi connectivity index (χ0n) is 11.7. The van der Waals surface area contributed by atoms with Gasteiger partial charge in [0.25, 0.3) is 0 Å². The average molecular weight is 276 g/mol. The van der Waals surface area contributed by atoms with E-state index in [1.807, 2.05) is 10.8 Å². The van der Waals surface area contributed by atoms with Crippen LogP contribution in [0, 0.1) is 0 Å². The normalized spacial score (nSPS) is 11.7. The SMILES string of the molecule is C[Si](C)(C)CCOCn1ccnc1-c1cnccn1. The molecule has 0 N–H and O–H groups in total. The Morgan fingerprint density at radius 2 is 2.00 bits per heavy atom. The minimum atomic E-state index is -1.03. The number of nitrogens with zero attached hydrogens (tertiary/aromatic N) is 4. The van der Waals surface area contributed by atoms with Crippen molar-refractivity contribution in [2.75, 3.05) is 6.61 Å². The maximum absolute atomic E-state index is 5.73. The summed E-state index contributed by atoms with van der Waals surface area (Å²) in [5.41, 5.74) is 0.765. The molecule has 5 nitrogen and oxygen atoms in total. The highest BCUT2D eigenvalue weighted by Gasteiger charge is 2.12. The number of hydrogen-bond acceptors (Lipinski definition) is 4. The summed E-state index contributed by atoms with van der Waals surface area (Å²) >= 11 is 0. The van der Waals surface area contributed by atoms with Crippen molar-refractivity contribution in [1.29, 1.82) is 0 Å². The van der Waals surface area contributed by atoms with Gasteiger partial charge >= 0.3 is 0 Å². The van der Waals surface area contributed by atoms with Crippen molar-refractivity contribution < 1.29 is 4.74 Å². The molecule has 0 fully saturated rings. The second kappa shape index (κ2) is 6.07. The van der Waals surface area contributed by atoms with E-state index in [0.29, 0.717) is 6.73 Å². The lowest BCUT2D eigenvalue weighted by atomic mass is 10.4. The monoisotopic (exact) mass is 276 g/mol. The third-order valence-electron chi connectivity index (χ3n) is 2.73. The van der Waals surface area contributed by atoms with E-state index < -0.39 is 8.07 Å². The van der Waals surface area contributed by atoms with Gasteiger partial charge in [-0.05, 0) is 6.04 Å². The number of hydrogen-bond donors (Lipinski definition) is 0. The van der Waals surface area contributed by atoms with Gasteiger partial charge in [-0.3, -0.25) is 4.98 Å². The van der Waals surface area contributed by atoms with Crippen molar-refractivity contribution >= 4 is 8.07 Å². The van der Waals surface area contributed by atoms with Gasteiger partial charge in [-0.1, -0.05) is 19.6 Å². The molecule has 6 heteroatoms. The van der Waals surface area contributed by atoms with Gasteiger partial charge < -0.3 is 9.30 Å². The van der Waals surface area contributed by atoms with Crippen LogP contribution in [0.15, 0.2) is 31.0 Å². The van der Waals surface area contributed by atoms with E-state index in [2.05, 4.69) is 34.6 Å². The predicted molar refractivity (Wildman–Crippen MR) is 77.4 cm³/mol. The molecule has 2 aromatic heterocycles. The summed E-state index contributed by atoms with van der Waals surface area (Å²) in [6, 6.07) is 1.17. The summed E-state index contributed by atoms with van der Waals surface area (Å²) < 4.78 is 7.68. The van der Waals surface area contributed by atoms with E-state index in [4.69, 9.17) is 4.74 Å². The van der Waals surface area contributed by atoms with Crippen molar-refractivity contribution in [1.82, 2.24) is 19.5 Å². The van der Waals surface area contributed by atoms with Crippen LogP contribution >= 0.6 is 0 Å². The first-order valence-electron chi connectivity index (χ1n) is 6.41. The number of aromatic nitrogens is 4. The first-order chi connectivity index (χ1) is 9.06. The van der Waals surface area contributed by atoms with Crippen LogP contribution in [-0.2, 0) is 11.5 Å². The van der Waals surface area contributed by atoms with Gasteiger partial charge in [0, 0.05) is 39.5 Å². The van der Waals surface area contributed by atoms with E-state index in [0.717, 1.165) is 18.1 Å². The third-order valence-corrected chi connectivity index (χ3v) is 4.44. The highest BCUT2D eigenvalue weighted by atomic mass is 28.3. The Kier molecular flexibility index (Phi) is 4.44. The summed E-state index contributed by atoms with van der Waals surface area (Å²) in [7, 11) is -1.03. The fraction of sp³-hybridized carbons (Fsp3) is 0.462. The molecule has 2 aromatic rings. The average Bonchev–Trinajstić information content (AvgIpc) is 2.83. The molecular formula is C13H20N4OSi. The quantitative estimate of drug-likeness (QED) is 0.601. The number of ether oxygens (including phenoxy) is 1. The van der Waals surface area contributed by atoms with Crippen molar-refractivity contribution in [2.24, 2.45) is 0 Å². The van der Waals surface area contributed by atoms with Gasteiger partial charge in [0.1, 0.15) is 12.4 Å². The van der Waals surface area contributed by atoms with Gasteiger partial charge in [0.05, 0.1) is 6.20 Å². The molecule has 0 bridgehead atoms. The molecule has 19 heavy (non-hydrogen) atoms. The van der Waals surface area contributed by atoms with E-state index in [-0.39, 0.29) is 0 Å². The molecule has 2 rings (SSSR count). The second-order valence-electron chi connectivity index (χ2n) is 5.66. The highest BCUT2D eigenvalue weighted by Crippen LogP contribution is 2.13. The molecule has 102 valence electrons. The van der Waals surface area contributed by atoms with Gasteiger partial charge in [-0.25, -0.2) is 9.97 Å². The zero-order valence-corrected chi connectivity index (χ0v) is 12.7. The van der Waals surface area contributed by atoms with Crippen LogP contribution in [0.4, 0.5) is 0 Å². The van der Waals surface area contributed by atoms with Crippen molar-refractivity contribution in [3.05, 3.63) is 31.0 Å². The van der Waals surface area contributed by atoms with Gasteiger partial charge in [0.15, 0.2) is 5.82 Å². The first-order valence-corrected chi connectivity index (χ1v) is 10.1. The molecule has 0 aliphatic carbocycles. The molecule has 0 unspecified atom stereocenters. The van der Waals surface area contributed by atoms with E-state index in [9.17, 15) is 0 Å². The third kappa shape index (κ3) is 4.25. The van der Waals surface area contributed by atoms with E-state index in [1.165, 1.54) is 6.04 Å². The Bertz CT molecular complexity index is 507. The van der Waals surface area contributed by atoms with Crippen molar-refractivity contribution in [3.8, 4) is 11.5 Å². The van der Waals surface area contributed by atoms with Crippen LogP contribution < -0.4 is 0 Å². The molecule has 2 heterocycles. The van der Waals surface area contributed by atoms with E-state index in [1.54, 1.807) is 24.8 Å². The highest BCUT2D eigenvalue weighted by molar-refractivity contribution is 6.76. The minimum Gasteiger partial charge on any atom is -0.361 e. The van der Waals surface area contributed by atoms with Gasteiger partial charge in [-0.2, -0.15) is 0 Å². The predicted octanol–water partition coefficient (Wildman–Crippen LogP) is 2.65. The van der Waals surface area contributed by atoms with Crippen LogP contribution in [0.25, 0.3) is 11.5 Å². The molecule has 0 radical (unpaired) electrons. The van der Waals surface area contributed by atoms with Crippen molar-refractivity contribution in [2.45, 2.75) is 32.4 Å². The summed E-state index contributed by atoms with van der Waals surface area (Å²) in [6.07, 6.45) is 8.69. The fourth-order valence-corrected chi connectivity index (χ4v) is 2.36. The minimum absolute atomic E-state index is 0.510. The Hall–Kier alpha value is -1.53. The lowest BCUT2D eigenvalue weighted by Crippen LogP contribution is -2.22. The molecule has 0 amide bonds. The molecule has 0 spiro atoms. The van der Waals surface area contributed by atoms with Gasteiger partial charge in [-0.15, -0.1) is 0 Å². The van der Waals surface area contributed by atoms with Crippen LogP contribution in [0.2, 0.25) is 25.7 Å². The topological polar surface area (TPSA) is 52.8 Å². The maximum atomic E-state index is 5.73. The van der Waals surface area contributed by atoms with Gasteiger partial charge in [0.2, 0.25) is 0 Å². The molecule has 0 atom stereocenters. The molecule has 0 saturated heterocycles. The van der Waals surface area contributed by atoms with Crippen LogP contribution in [0.3, 0.4) is 0 Å². The maximum Gasteiger partial charge on any atom is 0.162 e. The number of imidazole rings is 1. The van der Waals surface area contributed by atoms with Crippen LogP contribution in [0.5, 0.6) is 0 Å². The molecule has 0 aliphatic rings. The summed E-state index contributed by atoms with van der Waals surface area (Å²) in [6.45, 7) is 8.35. The summed E-state index contributed by atoms with van der Waals surface area (Å²) in [4.78, 5) is 12.6. The molecular weight excluding hydrogens is 256 g/mol. The van der Waals surface area contributed by atoms with Crippen LogP contribution in [0.1, 0.15) is 0 Å². The Labute approximate surface area is 114 Å². The fourth-order valence-electron chi connectivity index (χ4n) is 1.60. The smallest absolute Gasteiger partial charge is 0.162 e. The zero-order chi connectivity index (χ0) is 13.7. The molecule has 0 aliphatic heterocycles. The Morgan fingerprint density at radius 1 is 1.16 bits per heavy atom. The second-order valence-corrected chi connectivity index (χ2v) is 11.3.